The average molecular weight is 382 g/mol. The van der Waals surface area contributed by atoms with Crippen LogP contribution in [0.3, 0.4) is 0 Å². The van der Waals surface area contributed by atoms with E-state index in [1.807, 2.05) is 53.6 Å². The first-order valence-corrected chi connectivity index (χ1v) is 9.37. The predicted octanol–water partition coefficient (Wildman–Crippen LogP) is 4.67. The largest absolute Gasteiger partial charge is 0.489 e. The molecule has 0 fully saturated rings. The van der Waals surface area contributed by atoms with Gasteiger partial charge >= 0.3 is 0 Å². The van der Waals surface area contributed by atoms with Gasteiger partial charge in [0.1, 0.15) is 12.4 Å². The number of hydrogen-bond donors (Lipinski definition) is 1. The smallest absolute Gasteiger partial charge is 0.254 e. The summed E-state index contributed by atoms with van der Waals surface area (Å²) in [6.45, 7) is 3.90. The lowest BCUT2D eigenvalue weighted by Crippen LogP contribution is -2.24. The highest BCUT2D eigenvalue weighted by atomic mass is 35.5. The lowest BCUT2D eigenvalue weighted by molar-refractivity contribution is 0.0778. The van der Waals surface area contributed by atoms with Crippen molar-refractivity contribution in [3.63, 3.8) is 0 Å². The number of fused-ring (bicyclic) bond motifs is 1. The fraction of sp³-hybridized carbons (Fsp3) is 0.238. The van der Waals surface area contributed by atoms with E-state index >= 15 is 0 Å². The number of hydrogen-bond acceptors (Lipinski definition) is 3. The molecule has 1 amide bonds. The highest BCUT2D eigenvalue weighted by molar-refractivity contribution is 6.30. The molecule has 0 atom stereocenters. The predicted molar refractivity (Wildman–Crippen MR) is 105 cm³/mol. The number of aromatic nitrogens is 2. The number of halogens is 1. The normalized spacial score (nSPS) is 13.1. The van der Waals surface area contributed by atoms with E-state index in [1.54, 1.807) is 0 Å². The van der Waals surface area contributed by atoms with Gasteiger partial charge in [0.25, 0.3) is 5.91 Å². The highest BCUT2D eigenvalue weighted by Gasteiger charge is 2.26. The Morgan fingerprint density at radius 2 is 2.04 bits per heavy atom. The number of benzene rings is 2. The van der Waals surface area contributed by atoms with Gasteiger partial charge in [0, 0.05) is 41.0 Å². The third-order valence-electron chi connectivity index (χ3n) is 4.68. The van der Waals surface area contributed by atoms with Gasteiger partial charge in [-0.1, -0.05) is 30.7 Å². The van der Waals surface area contributed by atoms with Gasteiger partial charge in [-0.15, -0.1) is 0 Å². The van der Waals surface area contributed by atoms with Crippen molar-refractivity contribution in [3.05, 3.63) is 70.4 Å². The standard InChI is InChI=1S/C21H20ClN3O2/c1-2-9-25-12-15-10-18(7-8-19(15)21(25)26)27-13-16-11-23-24-20(16)14-3-5-17(22)6-4-14/h3-8,10-11H,2,9,12-13H2,1H3,(H,23,24). The van der Waals surface area contributed by atoms with E-state index in [0.29, 0.717) is 18.2 Å². The van der Waals surface area contributed by atoms with Gasteiger partial charge in [-0.3, -0.25) is 9.89 Å². The molecule has 6 heteroatoms. The number of carbonyl (C=O) groups excluding carboxylic acids is 1. The van der Waals surface area contributed by atoms with Crippen molar-refractivity contribution in [2.75, 3.05) is 6.54 Å². The molecule has 1 aliphatic rings. The molecule has 0 saturated carbocycles. The second-order valence-electron chi connectivity index (χ2n) is 6.60. The molecular weight excluding hydrogens is 362 g/mol. The van der Waals surface area contributed by atoms with Gasteiger partial charge in [0.2, 0.25) is 0 Å². The Hall–Kier alpha value is -2.79. The summed E-state index contributed by atoms with van der Waals surface area (Å²) in [5.74, 6) is 0.862. The summed E-state index contributed by atoms with van der Waals surface area (Å²) >= 11 is 5.96. The van der Waals surface area contributed by atoms with Crippen LogP contribution < -0.4 is 4.74 Å². The monoisotopic (exact) mass is 381 g/mol. The van der Waals surface area contributed by atoms with Crippen molar-refractivity contribution in [2.45, 2.75) is 26.5 Å². The summed E-state index contributed by atoms with van der Waals surface area (Å²) < 4.78 is 5.98. The van der Waals surface area contributed by atoms with Gasteiger partial charge in [-0.05, 0) is 42.3 Å². The third-order valence-corrected chi connectivity index (χ3v) is 4.93. The van der Waals surface area contributed by atoms with E-state index in [2.05, 4.69) is 17.1 Å². The van der Waals surface area contributed by atoms with Crippen LogP contribution in [0.1, 0.15) is 34.8 Å². The number of carbonyl (C=O) groups is 1. The van der Waals surface area contributed by atoms with Crippen LogP contribution in [0.2, 0.25) is 5.02 Å². The fourth-order valence-electron chi connectivity index (χ4n) is 3.34. The molecule has 1 aromatic heterocycles. The number of amides is 1. The molecule has 1 aliphatic heterocycles. The summed E-state index contributed by atoms with van der Waals surface area (Å²) in [6.07, 6.45) is 2.79. The van der Waals surface area contributed by atoms with Gasteiger partial charge in [0.05, 0.1) is 5.69 Å². The molecule has 0 bridgehead atoms. The summed E-state index contributed by atoms with van der Waals surface area (Å²) in [6, 6.07) is 13.2. The van der Waals surface area contributed by atoms with Gasteiger partial charge in [0.15, 0.2) is 0 Å². The molecule has 2 aromatic carbocycles. The second kappa shape index (κ2) is 7.45. The summed E-state index contributed by atoms with van der Waals surface area (Å²) in [4.78, 5) is 14.2. The molecule has 2 heterocycles. The van der Waals surface area contributed by atoms with Crippen LogP contribution in [-0.4, -0.2) is 27.5 Å². The Kier molecular flexibility index (Phi) is 4.86. The zero-order chi connectivity index (χ0) is 18.8. The Bertz CT molecular complexity index is 966. The molecule has 138 valence electrons. The van der Waals surface area contributed by atoms with Crippen molar-refractivity contribution in [3.8, 4) is 17.0 Å². The van der Waals surface area contributed by atoms with Crippen molar-refractivity contribution < 1.29 is 9.53 Å². The Balaban J connectivity index is 1.48. The van der Waals surface area contributed by atoms with Crippen LogP contribution in [0.4, 0.5) is 0 Å². The number of nitrogens with one attached hydrogen (secondary N) is 1. The quantitative estimate of drug-likeness (QED) is 0.674. The molecule has 0 unspecified atom stereocenters. The Labute approximate surface area is 162 Å². The van der Waals surface area contributed by atoms with E-state index in [4.69, 9.17) is 16.3 Å². The van der Waals surface area contributed by atoms with E-state index < -0.39 is 0 Å². The zero-order valence-electron chi connectivity index (χ0n) is 15.0. The molecule has 0 radical (unpaired) electrons. The lowest BCUT2D eigenvalue weighted by atomic mass is 10.1. The SMILES string of the molecule is CCCN1Cc2cc(OCc3c[nH]nc3-c3ccc(Cl)cc3)ccc2C1=O. The molecule has 4 rings (SSSR count). The van der Waals surface area contributed by atoms with Crippen LogP contribution in [0.5, 0.6) is 5.75 Å². The lowest BCUT2D eigenvalue weighted by Gasteiger charge is -2.13. The number of rotatable bonds is 6. The first kappa shape index (κ1) is 17.6. The van der Waals surface area contributed by atoms with Crippen molar-refractivity contribution >= 4 is 17.5 Å². The third kappa shape index (κ3) is 3.55. The molecule has 1 N–H and O–H groups in total. The van der Waals surface area contributed by atoms with Crippen molar-refractivity contribution in [2.24, 2.45) is 0 Å². The average Bonchev–Trinajstić information content (AvgIpc) is 3.26. The molecule has 5 nitrogen and oxygen atoms in total. The van der Waals surface area contributed by atoms with Gasteiger partial charge in [-0.25, -0.2) is 0 Å². The molecule has 27 heavy (non-hydrogen) atoms. The maximum Gasteiger partial charge on any atom is 0.254 e. The summed E-state index contributed by atoms with van der Waals surface area (Å²) in [5.41, 5.74) is 4.59. The zero-order valence-corrected chi connectivity index (χ0v) is 15.8. The molecule has 0 aliphatic carbocycles. The number of H-pyrrole nitrogens is 1. The molecular formula is C21H20ClN3O2. The van der Waals surface area contributed by atoms with Gasteiger partial charge < -0.3 is 9.64 Å². The van der Waals surface area contributed by atoms with Crippen molar-refractivity contribution in [1.29, 1.82) is 0 Å². The van der Waals surface area contributed by atoms with Crippen LogP contribution in [-0.2, 0) is 13.2 Å². The number of aromatic amines is 1. The van der Waals surface area contributed by atoms with E-state index in [1.165, 1.54) is 0 Å². The number of nitrogens with zero attached hydrogens (tertiary/aromatic N) is 2. The van der Waals surface area contributed by atoms with Crippen LogP contribution in [0.15, 0.2) is 48.7 Å². The summed E-state index contributed by atoms with van der Waals surface area (Å²) in [5, 5.41) is 7.92. The molecule has 0 saturated heterocycles. The topological polar surface area (TPSA) is 58.2 Å². The van der Waals surface area contributed by atoms with Crippen molar-refractivity contribution in [1.82, 2.24) is 15.1 Å². The second-order valence-corrected chi connectivity index (χ2v) is 7.04. The highest BCUT2D eigenvalue weighted by Crippen LogP contribution is 2.28. The maximum atomic E-state index is 12.3. The van der Waals surface area contributed by atoms with E-state index in [9.17, 15) is 4.79 Å². The minimum absolute atomic E-state index is 0.109. The molecule has 3 aromatic rings. The maximum absolute atomic E-state index is 12.3. The minimum atomic E-state index is 0.109. The van der Waals surface area contributed by atoms with E-state index in [0.717, 1.165) is 46.7 Å². The van der Waals surface area contributed by atoms with Gasteiger partial charge in [-0.2, -0.15) is 5.10 Å². The fourth-order valence-corrected chi connectivity index (χ4v) is 3.47. The molecule has 0 spiro atoms. The van der Waals surface area contributed by atoms with Crippen LogP contribution >= 0.6 is 11.6 Å². The first-order valence-electron chi connectivity index (χ1n) is 8.99. The Morgan fingerprint density at radius 1 is 1.22 bits per heavy atom. The minimum Gasteiger partial charge on any atom is -0.489 e. The van der Waals surface area contributed by atoms with E-state index in [-0.39, 0.29) is 5.91 Å². The first-order chi connectivity index (χ1) is 13.2. The Morgan fingerprint density at radius 3 is 2.81 bits per heavy atom. The summed E-state index contributed by atoms with van der Waals surface area (Å²) in [7, 11) is 0. The van der Waals surface area contributed by atoms with Crippen LogP contribution in [0, 0.1) is 0 Å². The number of ether oxygens (including phenoxy) is 1. The van der Waals surface area contributed by atoms with Crippen LogP contribution in [0.25, 0.3) is 11.3 Å².